The summed E-state index contributed by atoms with van der Waals surface area (Å²) in [4.78, 5) is 30.7. The first-order chi connectivity index (χ1) is 13.4. The second-order valence-corrected chi connectivity index (χ2v) is 6.86. The van der Waals surface area contributed by atoms with E-state index in [-0.39, 0.29) is 35.9 Å². The van der Waals surface area contributed by atoms with Crippen molar-refractivity contribution >= 4 is 29.7 Å². The first kappa shape index (κ1) is 22.6. The van der Waals surface area contributed by atoms with Crippen LogP contribution in [0.15, 0.2) is 22.7 Å². The number of amides is 1. The average Bonchev–Trinajstić information content (AvgIpc) is 3.15. The van der Waals surface area contributed by atoms with E-state index in [0.717, 1.165) is 0 Å². The van der Waals surface area contributed by atoms with E-state index >= 15 is 0 Å². The minimum Gasteiger partial charge on any atom is -0.362 e. The number of nitrogens with one attached hydrogen (secondary N) is 1. The number of benzene rings is 1. The molecule has 1 atom stereocenters. The van der Waals surface area contributed by atoms with Crippen LogP contribution in [0.5, 0.6) is 0 Å². The molecule has 1 aromatic heterocycles. The van der Waals surface area contributed by atoms with Crippen LogP contribution in [-0.4, -0.2) is 65.1 Å². The molecule has 0 bridgehead atoms. The van der Waals surface area contributed by atoms with Crippen molar-refractivity contribution in [2.24, 2.45) is 0 Å². The molecular formula is C18H25ClN6O4. The van der Waals surface area contributed by atoms with Gasteiger partial charge in [-0.05, 0) is 26.1 Å². The van der Waals surface area contributed by atoms with Gasteiger partial charge in [0.25, 0.3) is 11.6 Å². The van der Waals surface area contributed by atoms with Crippen LogP contribution in [0.1, 0.15) is 19.7 Å². The highest BCUT2D eigenvalue weighted by atomic mass is 35.5. The Balaban J connectivity index is 0.00000300. The van der Waals surface area contributed by atoms with E-state index in [1.807, 2.05) is 18.9 Å². The lowest BCUT2D eigenvalue weighted by molar-refractivity contribution is -0.384. The van der Waals surface area contributed by atoms with Gasteiger partial charge in [0.15, 0.2) is 5.82 Å². The predicted molar refractivity (Wildman–Crippen MR) is 110 cm³/mol. The maximum atomic E-state index is 11.6. The van der Waals surface area contributed by atoms with Gasteiger partial charge in [0.05, 0.1) is 4.92 Å². The molecule has 29 heavy (non-hydrogen) atoms. The number of nitrogens with zero attached hydrogens (tertiary/aromatic N) is 5. The Labute approximate surface area is 174 Å². The monoisotopic (exact) mass is 424 g/mol. The van der Waals surface area contributed by atoms with Crippen LogP contribution in [0.4, 0.5) is 11.4 Å². The summed E-state index contributed by atoms with van der Waals surface area (Å²) in [5, 5.41) is 18.7. The molecule has 11 heteroatoms. The molecule has 2 heterocycles. The number of nitro groups is 1. The molecule has 0 saturated carbocycles. The fraction of sp³-hybridized carbons (Fsp3) is 0.500. The SMILES string of the molecule is CNC(C)Cc1noc(-c2ccc(N3CCN(C(C)=O)CC3)c([N+](=O)[O-])c2)n1.Cl. The average molecular weight is 425 g/mol. The lowest BCUT2D eigenvalue weighted by Crippen LogP contribution is -2.48. The largest absolute Gasteiger partial charge is 0.362 e. The minimum absolute atomic E-state index is 0. The summed E-state index contributed by atoms with van der Waals surface area (Å²) in [6.45, 7) is 5.72. The fourth-order valence-corrected chi connectivity index (χ4v) is 3.16. The Morgan fingerprint density at radius 2 is 2.03 bits per heavy atom. The van der Waals surface area contributed by atoms with Crippen molar-refractivity contribution in [2.45, 2.75) is 26.3 Å². The molecule has 1 saturated heterocycles. The molecule has 3 rings (SSSR count). The van der Waals surface area contributed by atoms with Crippen molar-refractivity contribution in [1.29, 1.82) is 0 Å². The van der Waals surface area contributed by atoms with Crippen molar-refractivity contribution in [1.82, 2.24) is 20.4 Å². The Morgan fingerprint density at radius 3 is 2.62 bits per heavy atom. The maximum Gasteiger partial charge on any atom is 0.293 e. The summed E-state index contributed by atoms with van der Waals surface area (Å²) >= 11 is 0. The highest BCUT2D eigenvalue weighted by Gasteiger charge is 2.26. The summed E-state index contributed by atoms with van der Waals surface area (Å²) in [7, 11) is 1.85. The second kappa shape index (κ2) is 9.66. The normalized spacial score (nSPS) is 15.0. The molecule has 1 unspecified atom stereocenters. The van der Waals surface area contributed by atoms with Crippen molar-refractivity contribution in [2.75, 3.05) is 38.1 Å². The fourth-order valence-electron chi connectivity index (χ4n) is 3.16. The van der Waals surface area contributed by atoms with Crippen LogP contribution < -0.4 is 10.2 Å². The number of rotatable bonds is 6. The molecule has 1 fully saturated rings. The number of piperazine rings is 1. The topological polar surface area (TPSA) is 118 Å². The maximum absolute atomic E-state index is 11.6. The van der Waals surface area contributed by atoms with Gasteiger partial charge in [0.1, 0.15) is 5.69 Å². The van der Waals surface area contributed by atoms with E-state index in [2.05, 4.69) is 15.5 Å². The van der Waals surface area contributed by atoms with Gasteiger partial charge in [-0.3, -0.25) is 14.9 Å². The van der Waals surface area contributed by atoms with Gasteiger partial charge in [-0.2, -0.15) is 4.98 Å². The number of likely N-dealkylation sites (N-methyl/N-ethyl adjacent to an activating group) is 1. The first-order valence-corrected chi connectivity index (χ1v) is 9.18. The summed E-state index contributed by atoms with van der Waals surface area (Å²) < 4.78 is 5.29. The van der Waals surface area contributed by atoms with Gasteiger partial charge in [-0.25, -0.2) is 0 Å². The molecule has 1 aromatic carbocycles. The van der Waals surface area contributed by atoms with E-state index in [1.165, 1.54) is 13.0 Å². The van der Waals surface area contributed by atoms with Crippen molar-refractivity contribution in [3.63, 3.8) is 0 Å². The number of nitro benzene ring substituents is 1. The number of hydrogen-bond acceptors (Lipinski definition) is 8. The standard InChI is InChI=1S/C18H24N6O4.ClH/c1-12(19-3)10-17-20-18(28-21-17)14-4-5-15(16(11-14)24(26)27)23-8-6-22(7-9-23)13(2)25;/h4-5,11-12,19H,6-10H2,1-3H3;1H. The van der Waals surface area contributed by atoms with Crippen molar-refractivity contribution in [3.05, 3.63) is 34.1 Å². The number of anilines is 1. The molecule has 10 nitrogen and oxygen atoms in total. The highest BCUT2D eigenvalue weighted by molar-refractivity contribution is 5.85. The van der Waals surface area contributed by atoms with Crippen LogP contribution in [0, 0.1) is 10.1 Å². The number of halogens is 1. The molecular weight excluding hydrogens is 400 g/mol. The third-order valence-corrected chi connectivity index (χ3v) is 4.93. The Hall–Kier alpha value is -2.72. The lowest BCUT2D eigenvalue weighted by Gasteiger charge is -2.35. The third-order valence-electron chi connectivity index (χ3n) is 4.93. The molecule has 1 aliphatic rings. The molecule has 0 radical (unpaired) electrons. The Kier molecular flexibility index (Phi) is 7.52. The zero-order chi connectivity index (χ0) is 20.3. The summed E-state index contributed by atoms with van der Waals surface area (Å²) in [5.41, 5.74) is 1.02. The summed E-state index contributed by atoms with van der Waals surface area (Å²) in [6.07, 6.45) is 0.598. The molecule has 1 N–H and O–H groups in total. The summed E-state index contributed by atoms with van der Waals surface area (Å²) in [6, 6.07) is 5.11. The van der Waals surface area contributed by atoms with Gasteiger partial charge in [-0.15, -0.1) is 12.4 Å². The van der Waals surface area contributed by atoms with E-state index in [9.17, 15) is 14.9 Å². The van der Waals surface area contributed by atoms with Crippen LogP contribution in [0.2, 0.25) is 0 Å². The van der Waals surface area contributed by atoms with Gasteiger partial charge < -0.3 is 19.6 Å². The van der Waals surface area contributed by atoms with E-state index < -0.39 is 4.92 Å². The van der Waals surface area contributed by atoms with Crippen molar-refractivity contribution < 1.29 is 14.2 Å². The first-order valence-electron chi connectivity index (χ1n) is 9.18. The van der Waals surface area contributed by atoms with Crippen LogP contribution in [0.3, 0.4) is 0 Å². The molecule has 2 aromatic rings. The van der Waals surface area contributed by atoms with Crippen LogP contribution >= 0.6 is 12.4 Å². The number of aromatic nitrogens is 2. The third kappa shape index (κ3) is 5.21. The quantitative estimate of drug-likeness (QED) is 0.551. The number of carbonyl (C=O) groups excluding carboxylic acids is 1. The van der Waals surface area contributed by atoms with E-state index in [0.29, 0.717) is 49.7 Å². The Morgan fingerprint density at radius 1 is 1.34 bits per heavy atom. The smallest absolute Gasteiger partial charge is 0.293 e. The van der Waals surface area contributed by atoms with Crippen molar-refractivity contribution in [3.8, 4) is 11.5 Å². The molecule has 0 spiro atoms. The predicted octanol–water partition coefficient (Wildman–Crippen LogP) is 1.89. The molecule has 0 aliphatic carbocycles. The van der Waals surface area contributed by atoms with Gasteiger partial charge in [-0.1, -0.05) is 5.16 Å². The zero-order valence-corrected chi connectivity index (χ0v) is 17.4. The van der Waals surface area contributed by atoms with Crippen LogP contribution in [0.25, 0.3) is 11.5 Å². The molecule has 1 aliphatic heterocycles. The van der Waals surface area contributed by atoms with Crippen LogP contribution in [-0.2, 0) is 11.2 Å². The van der Waals surface area contributed by atoms with Gasteiger partial charge in [0.2, 0.25) is 5.91 Å². The van der Waals surface area contributed by atoms with Gasteiger partial charge >= 0.3 is 0 Å². The highest BCUT2D eigenvalue weighted by Crippen LogP contribution is 2.33. The zero-order valence-electron chi connectivity index (χ0n) is 16.6. The van der Waals surface area contributed by atoms with Gasteiger partial charge in [0, 0.05) is 57.2 Å². The number of hydrogen-bond donors (Lipinski definition) is 1. The molecule has 158 valence electrons. The van der Waals surface area contributed by atoms with E-state index in [1.54, 1.807) is 17.0 Å². The van der Waals surface area contributed by atoms with E-state index in [4.69, 9.17) is 4.52 Å². The molecule has 1 amide bonds. The Bertz CT molecular complexity index is 866. The number of carbonyl (C=O) groups is 1. The lowest BCUT2D eigenvalue weighted by atomic mass is 10.1. The second-order valence-electron chi connectivity index (χ2n) is 6.86. The summed E-state index contributed by atoms with van der Waals surface area (Å²) in [5.74, 6) is 0.822. The minimum atomic E-state index is -0.406.